The Morgan fingerprint density at radius 1 is 1.11 bits per heavy atom. The molecule has 0 radical (unpaired) electrons. The first-order valence-electron chi connectivity index (χ1n) is 5.56. The molecule has 90 valence electrons. The van der Waals surface area contributed by atoms with E-state index in [0.29, 0.717) is 0 Å². The zero-order chi connectivity index (χ0) is 12.7. The van der Waals surface area contributed by atoms with Crippen LogP contribution in [0.4, 0.5) is 0 Å². The molecule has 0 fully saturated rings. The molecule has 3 aromatic rings. The molecule has 0 aliphatic heterocycles. The van der Waals surface area contributed by atoms with E-state index >= 15 is 0 Å². The van der Waals surface area contributed by atoms with Gasteiger partial charge in [-0.25, -0.2) is 4.98 Å². The van der Waals surface area contributed by atoms with E-state index in [0.717, 1.165) is 32.2 Å². The van der Waals surface area contributed by atoms with E-state index in [1.54, 1.807) is 0 Å². The minimum atomic E-state index is 0.732. The first-order chi connectivity index (χ1) is 8.66. The molecule has 0 aliphatic carbocycles. The molecule has 3 rings (SSSR count). The quantitative estimate of drug-likeness (QED) is 0.633. The van der Waals surface area contributed by atoms with Crippen LogP contribution in [0, 0.1) is 6.92 Å². The third-order valence-corrected chi connectivity index (χ3v) is 3.75. The van der Waals surface area contributed by atoms with Crippen molar-refractivity contribution in [2.75, 3.05) is 0 Å². The number of aromatic nitrogens is 2. The summed E-state index contributed by atoms with van der Waals surface area (Å²) in [5.41, 5.74) is 3.27. The first-order valence-corrected chi connectivity index (χ1v) is 6.73. The SMILES string of the molecule is Cc1cccc2c(Br)nc(-c3ccc(Cl)cc3)n12. The highest BCUT2D eigenvalue weighted by Gasteiger charge is 2.11. The Balaban J connectivity index is 2.32. The van der Waals surface area contributed by atoms with Crippen LogP contribution in [0.25, 0.3) is 16.9 Å². The molecule has 0 saturated carbocycles. The average molecular weight is 322 g/mol. The van der Waals surface area contributed by atoms with Gasteiger partial charge >= 0.3 is 0 Å². The number of hydrogen-bond donors (Lipinski definition) is 0. The molecule has 0 spiro atoms. The molecule has 0 aliphatic rings. The summed E-state index contributed by atoms with van der Waals surface area (Å²) in [6.07, 6.45) is 0. The number of rotatable bonds is 1. The molecule has 0 atom stereocenters. The minimum Gasteiger partial charge on any atom is -0.296 e. The van der Waals surface area contributed by atoms with Crippen LogP contribution in [0.1, 0.15) is 5.69 Å². The summed E-state index contributed by atoms with van der Waals surface area (Å²) in [4.78, 5) is 4.59. The lowest BCUT2D eigenvalue weighted by Gasteiger charge is -2.04. The molecule has 0 N–H and O–H groups in total. The lowest BCUT2D eigenvalue weighted by molar-refractivity contribution is 1.08. The Kier molecular flexibility index (Phi) is 2.88. The van der Waals surface area contributed by atoms with Crippen molar-refractivity contribution in [3.63, 3.8) is 0 Å². The van der Waals surface area contributed by atoms with E-state index in [4.69, 9.17) is 11.6 Å². The van der Waals surface area contributed by atoms with E-state index in [2.05, 4.69) is 38.3 Å². The van der Waals surface area contributed by atoms with Crippen LogP contribution in [0.3, 0.4) is 0 Å². The van der Waals surface area contributed by atoms with Gasteiger partial charge in [-0.15, -0.1) is 0 Å². The van der Waals surface area contributed by atoms with Gasteiger partial charge in [-0.2, -0.15) is 0 Å². The lowest BCUT2D eigenvalue weighted by Crippen LogP contribution is -1.93. The van der Waals surface area contributed by atoms with Gasteiger partial charge in [0, 0.05) is 16.3 Å². The average Bonchev–Trinajstić information content (AvgIpc) is 2.70. The van der Waals surface area contributed by atoms with Gasteiger partial charge in [-0.05, 0) is 59.3 Å². The van der Waals surface area contributed by atoms with Gasteiger partial charge in [0.25, 0.3) is 0 Å². The maximum absolute atomic E-state index is 5.92. The number of pyridine rings is 1. The standard InChI is InChI=1S/C14H10BrClN2/c1-9-3-2-4-12-13(15)17-14(18(9)12)10-5-7-11(16)8-6-10/h2-8H,1H3. The van der Waals surface area contributed by atoms with E-state index < -0.39 is 0 Å². The molecule has 0 bridgehead atoms. The van der Waals surface area contributed by atoms with Crippen LogP contribution in [0.5, 0.6) is 0 Å². The summed E-state index contributed by atoms with van der Waals surface area (Å²) in [6.45, 7) is 2.07. The monoisotopic (exact) mass is 320 g/mol. The van der Waals surface area contributed by atoms with Crippen LogP contribution < -0.4 is 0 Å². The fraction of sp³-hybridized carbons (Fsp3) is 0.0714. The number of benzene rings is 1. The summed E-state index contributed by atoms with van der Waals surface area (Å²) in [5, 5.41) is 0.732. The number of halogens is 2. The van der Waals surface area contributed by atoms with Gasteiger partial charge in [0.15, 0.2) is 0 Å². The van der Waals surface area contributed by atoms with E-state index in [9.17, 15) is 0 Å². The number of hydrogen-bond acceptors (Lipinski definition) is 1. The van der Waals surface area contributed by atoms with Crippen LogP contribution in [-0.4, -0.2) is 9.38 Å². The van der Waals surface area contributed by atoms with Crippen molar-refractivity contribution in [1.29, 1.82) is 0 Å². The zero-order valence-electron chi connectivity index (χ0n) is 9.69. The van der Waals surface area contributed by atoms with Crippen LogP contribution in [-0.2, 0) is 0 Å². The maximum atomic E-state index is 5.92. The summed E-state index contributed by atoms with van der Waals surface area (Å²) < 4.78 is 2.99. The topological polar surface area (TPSA) is 17.3 Å². The van der Waals surface area contributed by atoms with E-state index in [1.165, 1.54) is 0 Å². The van der Waals surface area contributed by atoms with Crippen molar-refractivity contribution in [2.45, 2.75) is 6.92 Å². The fourth-order valence-corrected chi connectivity index (χ4v) is 2.66. The van der Waals surface area contributed by atoms with E-state index in [-0.39, 0.29) is 0 Å². The molecular formula is C14H10BrClN2. The molecule has 2 heterocycles. The molecule has 0 unspecified atom stereocenters. The van der Waals surface area contributed by atoms with Crippen molar-refractivity contribution in [1.82, 2.24) is 9.38 Å². The van der Waals surface area contributed by atoms with Crippen molar-refractivity contribution in [3.05, 3.63) is 57.8 Å². The summed E-state index contributed by atoms with van der Waals surface area (Å²) in [7, 11) is 0. The smallest absolute Gasteiger partial charge is 0.146 e. The van der Waals surface area contributed by atoms with Crippen molar-refractivity contribution >= 4 is 33.0 Å². The maximum Gasteiger partial charge on any atom is 0.146 e. The second kappa shape index (κ2) is 4.41. The van der Waals surface area contributed by atoms with Gasteiger partial charge in [0.05, 0.1) is 5.52 Å². The fourth-order valence-electron chi connectivity index (χ4n) is 2.05. The molecular weight excluding hydrogens is 312 g/mol. The van der Waals surface area contributed by atoms with Crippen LogP contribution in [0.2, 0.25) is 5.02 Å². The molecule has 1 aromatic carbocycles. The Bertz CT molecular complexity index is 716. The summed E-state index contributed by atoms with van der Waals surface area (Å²) >= 11 is 9.42. The zero-order valence-corrected chi connectivity index (χ0v) is 12.0. The molecule has 2 nitrogen and oxygen atoms in total. The second-order valence-electron chi connectivity index (χ2n) is 4.12. The summed E-state index contributed by atoms with van der Waals surface area (Å²) in [6, 6.07) is 13.9. The highest BCUT2D eigenvalue weighted by molar-refractivity contribution is 9.10. The number of fused-ring (bicyclic) bond motifs is 1. The van der Waals surface area contributed by atoms with Crippen molar-refractivity contribution < 1.29 is 0 Å². The molecule has 0 amide bonds. The predicted octanol–water partition coefficient (Wildman–Crippen LogP) is 4.73. The number of imidazole rings is 1. The Hall–Kier alpha value is -1.32. The van der Waals surface area contributed by atoms with Crippen molar-refractivity contribution in [2.24, 2.45) is 0 Å². The number of aryl methyl sites for hydroxylation is 1. The first kappa shape index (κ1) is 11.8. The van der Waals surface area contributed by atoms with Crippen LogP contribution in [0.15, 0.2) is 47.1 Å². The van der Waals surface area contributed by atoms with Gasteiger partial charge in [0.1, 0.15) is 10.4 Å². The van der Waals surface area contributed by atoms with Crippen LogP contribution >= 0.6 is 27.5 Å². The van der Waals surface area contributed by atoms with Gasteiger partial charge in [0.2, 0.25) is 0 Å². The Morgan fingerprint density at radius 2 is 1.83 bits per heavy atom. The third kappa shape index (κ3) is 1.84. The molecule has 0 saturated heterocycles. The highest BCUT2D eigenvalue weighted by atomic mass is 79.9. The molecule has 2 aromatic heterocycles. The van der Waals surface area contributed by atoms with Gasteiger partial charge in [-0.3, -0.25) is 4.40 Å². The third-order valence-electron chi connectivity index (χ3n) is 2.91. The second-order valence-corrected chi connectivity index (χ2v) is 5.31. The molecule has 4 heteroatoms. The largest absolute Gasteiger partial charge is 0.296 e. The predicted molar refractivity (Wildman–Crippen MR) is 78.1 cm³/mol. The van der Waals surface area contributed by atoms with E-state index in [1.807, 2.05) is 36.4 Å². The summed E-state index contributed by atoms with van der Waals surface area (Å²) in [5.74, 6) is 0.923. The number of nitrogens with zero attached hydrogens (tertiary/aromatic N) is 2. The lowest BCUT2D eigenvalue weighted by atomic mass is 10.2. The van der Waals surface area contributed by atoms with Gasteiger partial charge < -0.3 is 0 Å². The van der Waals surface area contributed by atoms with Crippen molar-refractivity contribution in [3.8, 4) is 11.4 Å². The Morgan fingerprint density at radius 3 is 2.56 bits per heavy atom. The van der Waals surface area contributed by atoms with Gasteiger partial charge in [-0.1, -0.05) is 17.7 Å². The Labute approximate surface area is 118 Å². The normalized spacial score (nSPS) is 11.1. The molecule has 18 heavy (non-hydrogen) atoms. The minimum absolute atomic E-state index is 0.732. The highest BCUT2D eigenvalue weighted by Crippen LogP contribution is 2.28.